The zero-order valence-corrected chi connectivity index (χ0v) is 6.78. The van der Waals surface area contributed by atoms with Gasteiger partial charge in [-0.3, -0.25) is 0 Å². The van der Waals surface area contributed by atoms with Gasteiger partial charge in [-0.25, -0.2) is 5.57 Å². The van der Waals surface area contributed by atoms with Gasteiger partial charge in [-0.1, -0.05) is 19.8 Å². The van der Waals surface area contributed by atoms with Crippen LogP contribution in [0.1, 0.15) is 32.6 Å². The Morgan fingerprint density at radius 3 is 2.30 bits per heavy atom. The molecule has 0 saturated heterocycles. The molecular weight excluding hydrogens is 122 g/mol. The van der Waals surface area contributed by atoms with Crippen molar-refractivity contribution < 1.29 is 23.3 Å². The van der Waals surface area contributed by atoms with Crippen molar-refractivity contribution in [2.45, 2.75) is 32.6 Å². The van der Waals surface area contributed by atoms with E-state index in [1.54, 1.807) is 6.33 Å². The Kier molecular flexibility index (Phi) is 5.12. The molecule has 1 aliphatic rings. The predicted octanol–water partition coefficient (Wildman–Crippen LogP) is -0.143. The summed E-state index contributed by atoms with van der Waals surface area (Å²) in [5.74, 6) is 0.794. The summed E-state index contributed by atoms with van der Waals surface area (Å²) >= 11 is 0. The Morgan fingerprint density at radius 1 is 1.40 bits per heavy atom. The van der Waals surface area contributed by atoms with Crippen LogP contribution in [-0.4, -0.2) is 0 Å². The first-order chi connectivity index (χ1) is 4.33. The summed E-state index contributed by atoms with van der Waals surface area (Å²) in [5, 5.41) is 0. The van der Waals surface area contributed by atoms with Crippen LogP contribution in [-0.2, 0) is 0 Å². The van der Waals surface area contributed by atoms with Crippen LogP contribution in [0.25, 0.3) is 0 Å². The molecule has 0 spiro atoms. The van der Waals surface area contributed by atoms with Crippen LogP contribution in [0.2, 0.25) is 0 Å². The van der Waals surface area contributed by atoms with E-state index in [1.807, 2.05) is 0 Å². The fraction of sp³-hybridized carbons (Fsp3) is 0.750. The summed E-state index contributed by atoms with van der Waals surface area (Å²) in [7, 11) is 0. The minimum Gasteiger partial charge on any atom is -0.458 e. The number of rotatable bonds is 0. The van der Waals surface area contributed by atoms with Crippen LogP contribution in [0.5, 0.6) is 0 Å². The molecule has 0 nitrogen and oxygen atoms in total. The van der Waals surface area contributed by atoms with Crippen LogP contribution in [0.15, 0.2) is 5.57 Å². The maximum Gasteiger partial charge on any atom is 1.00 e. The molecule has 0 aliphatic heterocycles. The van der Waals surface area contributed by atoms with Crippen molar-refractivity contribution in [1.29, 1.82) is 0 Å². The molecular formula is C8H12FLi. The van der Waals surface area contributed by atoms with Crippen LogP contribution in [0.3, 0.4) is 0 Å². The summed E-state index contributed by atoms with van der Waals surface area (Å²) in [4.78, 5) is 0. The molecule has 52 valence electrons. The third-order valence-electron chi connectivity index (χ3n) is 2.01. The Labute approximate surface area is 74.1 Å². The monoisotopic (exact) mass is 134 g/mol. The molecule has 0 aromatic carbocycles. The average Bonchev–Trinajstić information content (AvgIpc) is 1.90. The van der Waals surface area contributed by atoms with Gasteiger partial charge < -0.3 is 10.7 Å². The van der Waals surface area contributed by atoms with Crippen molar-refractivity contribution >= 4 is 0 Å². The van der Waals surface area contributed by atoms with Gasteiger partial charge in [0, 0.05) is 0 Å². The van der Waals surface area contributed by atoms with Crippen LogP contribution < -0.4 is 18.9 Å². The van der Waals surface area contributed by atoms with E-state index in [4.69, 9.17) is 0 Å². The maximum atomic E-state index is 11.7. The van der Waals surface area contributed by atoms with E-state index in [-0.39, 0.29) is 18.9 Å². The summed E-state index contributed by atoms with van der Waals surface area (Å²) in [6.07, 6.45) is 5.89. The van der Waals surface area contributed by atoms with Gasteiger partial charge in [0.2, 0.25) is 0 Å². The smallest absolute Gasteiger partial charge is 0.458 e. The van der Waals surface area contributed by atoms with Gasteiger partial charge in [0.15, 0.2) is 0 Å². The van der Waals surface area contributed by atoms with Crippen molar-refractivity contribution in [1.82, 2.24) is 0 Å². The molecule has 0 heterocycles. The first-order valence-electron chi connectivity index (χ1n) is 3.54. The summed E-state index contributed by atoms with van der Waals surface area (Å²) < 4.78 is 11.7. The number of hydrogen-bond donors (Lipinski definition) is 0. The number of allylic oxidation sites excluding steroid dienone is 1. The molecule has 0 N–H and O–H groups in total. The van der Waals surface area contributed by atoms with Crippen LogP contribution in [0, 0.1) is 12.2 Å². The van der Waals surface area contributed by atoms with Crippen molar-refractivity contribution in [3.05, 3.63) is 11.9 Å². The maximum absolute atomic E-state index is 11.7. The molecule has 0 radical (unpaired) electrons. The minimum atomic E-state index is 0. The van der Waals surface area contributed by atoms with Crippen LogP contribution in [0.4, 0.5) is 4.39 Å². The third kappa shape index (κ3) is 2.90. The molecule has 10 heavy (non-hydrogen) atoms. The fourth-order valence-corrected chi connectivity index (χ4v) is 1.21. The average molecular weight is 134 g/mol. The predicted molar refractivity (Wildman–Crippen MR) is 35.5 cm³/mol. The summed E-state index contributed by atoms with van der Waals surface area (Å²) in [5.41, 5.74) is 0.883. The third-order valence-corrected chi connectivity index (χ3v) is 2.01. The second-order valence-corrected chi connectivity index (χ2v) is 2.88. The second-order valence-electron chi connectivity index (χ2n) is 2.88. The van der Waals surface area contributed by atoms with Gasteiger partial charge >= 0.3 is 18.9 Å². The van der Waals surface area contributed by atoms with E-state index in [1.165, 1.54) is 0 Å². The Balaban J connectivity index is 0.000000810. The first-order valence-corrected chi connectivity index (χ1v) is 3.54. The number of halogens is 1. The quantitative estimate of drug-likeness (QED) is 0.319. The molecule has 1 saturated carbocycles. The summed E-state index contributed by atoms with van der Waals surface area (Å²) in [6, 6.07) is 0. The molecule has 0 amide bonds. The molecule has 2 heteroatoms. The van der Waals surface area contributed by atoms with Gasteiger partial charge in [0.25, 0.3) is 0 Å². The molecule has 0 aromatic heterocycles. The van der Waals surface area contributed by atoms with Gasteiger partial charge in [-0.05, 0) is 18.8 Å². The van der Waals surface area contributed by atoms with E-state index in [0.717, 1.165) is 37.2 Å². The normalized spacial score (nSPS) is 25.4. The van der Waals surface area contributed by atoms with Gasteiger partial charge in [-0.15, -0.1) is 0 Å². The molecule has 1 rings (SSSR count). The van der Waals surface area contributed by atoms with E-state index in [2.05, 4.69) is 6.92 Å². The van der Waals surface area contributed by atoms with E-state index < -0.39 is 0 Å². The van der Waals surface area contributed by atoms with Crippen molar-refractivity contribution in [2.75, 3.05) is 0 Å². The van der Waals surface area contributed by atoms with E-state index >= 15 is 0 Å². The largest absolute Gasteiger partial charge is 1.00 e. The van der Waals surface area contributed by atoms with Gasteiger partial charge in [0.05, 0.1) is 0 Å². The summed E-state index contributed by atoms with van der Waals surface area (Å²) in [6.45, 7) is 2.22. The number of hydrogen-bond acceptors (Lipinski definition) is 0. The SMILES string of the molecule is CC1CCC(=[C-]F)CC1.[Li+]. The van der Waals surface area contributed by atoms with Crippen LogP contribution >= 0.6 is 0 Å². The first kappa shape index (κ1) is 10.3. The van der Waals surface area contributed by atoms with Gasteiger partial charge in [-0.2, -0.15) is 0 Å². The van der Waals surface area contributed by atoms with E-state index in [9.17, 15) is 4.39 Å². The topological polar surface area (TPSA) is 0 Å². The fourth-order valence-electron chi connectivity index (χ4n) is 1.21. The Hall–Kier alpha value is 0.267. The molecule has 1 aliphatic carbocycles. The van der Waals surface area contributed by atoms with Gasteiger partial charge in [0.1, 0.15) is 0 Å². The zero-order chi connectivity index (χ0) is 6.69. The van der Waals surface area contributed by atoms with Crippen molar-refractivity contribution in [3.63, 3.8) is 0 Å². The minimum absolute atomic E-state index is 0. The van der Waals surface area contributed by atoms with Crippen molar-refractivity contribution in [3.8, 4) is 0 Å². The standard InChI is InChI=1S/C8H12F.Li/c1-7-2-4-8(6-9)5-3-7;/h7H,2-5H2,1H3;/q-1;+1. The van der Waals surface area contributed by atoms with Crippen molar-refractivity contribution in [2.24, 2.45) is 5.92 Å². The molecule has 0 bridgehead atoms. The Morgan fingerprint density at radius 2 is 1.90 bits per heavy atom. The van der Waals surface area contributed by atoms with E-state index in [0.29, 0.717) is 0 Å². The molecule has 0 unspecified atom stereocenters. The molecule has 0 aromatic rings. The zero-order valence-electron chi connectivity index (χ0n) is 6.78. The molecule has 0 atom stereocenters. The second kappa shape index (κ2) is 4.99. The Bertz CT molecular complexity index is 110. The molecule has 1 fully saturated rings.